The van der Waals surface area contributed by atoms with E-state index in [1.807, 2.05) is 0 Å². The van der Waals surface area contributed by atoms with Crippen molar-refractivity contribution in [3.05, 3.63) is 52.0 Å². The molecule has 0 bridgehead atoms. The molecule has 7 heteroatoms. The van der Waals surface area contributed by atoms with Crippen LogP contribution in [0.15, 0.2) is 36.4 Å². The van der Waals surface area contributed by atoms with E-state index in [4.69, 9.17) is 23.2 Å². The minimum atomic E-state index is -4.84. The SMILES string of the molecule is O=Cc1cc(OC(F)(F)F)cc(-c2cc(Cl)cc(Cl)c2)c1. The molecule has 0 atom stereocenters. The zero-order valence-electron chi connectivity index (χ0n) is 10.2. The molecule has 0 N–H and O–H groups in total. The molecule has 0 amide bonds. The molecular formula is C14H7Cl2F3O2. The molecule has 21 heavy (non-hydrogen) atoms. The van der Waals surface area contributed by atoms with E-state index >= 15 is 0 Å². The number of carbonyl (C=O) groups is 1. The van der Waals surface area contributed by atoms with Gasteiger partial charge in [0.2, 0.25) is 0 Å². The number of halogens is 5. The van der Waals surface area contributed by atoms with Gasteiger partial charge in [0.1, 0.15) is 12.0 Å². The Balaban J connectivity index is 2.52. The monoisotopic (exact) mass is 334 g/mol. The van der Waals surface area contributed by atoms with Crippen LogP contribution in [0.3, 0.4) is 0 Å². The molecule has 2 rings (SSSR count). The summed E-state index contributed by atoms with van der Waals surface area (Å²) < 4.78 is 40.7. The van der Waals surface area contributed by atoms with Crippen molar-refractivity contribution in [1.29, 1.82) is 0 Å². The lowest BCUT2D eigenvalue weighted by Gasteiger charge is -2.11. The van der Waals surface area contributed by atoms with E-state index in [0.29, 0.717) is 27.5 Å². The van der Waals surface area contributed by atoms with Gasteiger partial charge in [-0.3, -0.25) is 4.79 Å². The van der Waals surface area contributed by atoms with Gasteiger partial charge in [-0.05, 0) is 47.5 Å². The van der Waals surface area contributed by atoms with E-state index in [2.05, 4.69) is 4.74 Å². The van der Waals surface area contributed by atoms with Crippen LogP contribution in [0, 0.1) is 0 Å². The predicted octanol–water partition coefficient (Wildman–Crippen LogP) is 5.37. The number of aldehydes is 1. The minimum Gasteiger partial charge on any atom is -0.406 e. The number of rotatable bonds is 3. The van der Waals surface area contributed by atoms with Crippen LogP contribution in [0.25, 0.3) is 11.1 Å². The molecule has 2 aromatic rings. The van der Waals surface area contributed by atoms with E-state index in [1.165, 1.54) is 24.3 Å². The molecule has 0 fully saturated rings. The average Bonchev–Trinajstić information content (AvgIpc) is 2.35. The molecule has 0 aliphatic heterocycles. The summed E-state index contributed by atoms with van der Waals surface area (Å²) in [4.78, 5) is 10.9. The molecule has 0 saturated carbocycles. The van der Waals surface area contributed by atoms with Crippen LogP contribution < -0.4 is 4.74 Å². The second-order valence-electron chi connectivity index (χ2n) is 4.11. The molecule has 0 aliphatic carbocycles. The Kier molecular flexibility index (Phi) is 4.44. The smallest absolute Gasteiger partial charge is 0.406 e. The van der Waals surface area contributed by atoms with Gasteiger partial charge in [-0.1, -0.05) is 23.2 Å². The van der Waals surface area contributed by atoms with Gasteiger partial charge in [0.15, 0.2) is 0 Å². The Morgan fingerprint density at radius 2 is 1.48 bits per heavy atom. The van der Waals surface area contributed by atoms with Crippen molar-refractivity contribution in [3.8, 4) is 16.9 Å². The molecule has 0 saturated heterocycles. The zero-order chi connectivity index (χ0) is 15.6. The third-order valence-corrected chi connectivity index (χ3v) is 2.93. The normalized spacial score (nSPS) is 11.3. The molecule has 2 nitrogen and oxygen atoms in total. The first-order valence-corrected chi connectivity index (χ1v) is 6.35. The standard InChI is InChI=1S/C14H7Cl2F3O2/c15-11-3-10(4-12(16)6-11)9-1-8(7-20)2-13(5-9)21-14(17,18)19/h1-7H. The van der Waals surface area contributed by atoms with Gasteiger partial charge < -0.3 is 4.74 Å². The fourth-order valence-corrected chi connectivity index (χ4v) is 2.30. The van der Waals surface area contributed by atoms with Crippen molar-refractivity contribution in [2.24, 2.45) is 0 Å². The second-order valence-corrected chi connectivity index (χ2v) is 4.99. The third kappa shape index (κ3) is 4.37. The van der Waals surface area contributed by atoms with Crippen LogP contribution in [0.5, 0.6) is 5.75 Å². The van der Waals surface area contributed by atoms with E-state index in [9.17, 15) is 18.0 Å². The molecule has 0 aliphatic rings. The predicted molar refractivity (Wildman–Crippen MR) is 74.0 cm³/mol. The highest BCUT2D eigenvalue weighted by Crippen LogP contribution is 2.32. The van der Waals surface area contributed by atoms with Crippen molar-refractivity contribution < 1.29 is 22.7 Å². The summed E-state index contributed by atoms with van der Waals surface area (Å²) in [7, 11) is 0. The van der Waals surface area contributed by atoms with Gasteiger partial charge in [0.05, 0.1) is 0 Å². The van der Waals surface area contributed by atoms with Gasteiger partial charge in [-0.15, -0.1) is 13.2 Å². The Hall–Kier alpha value is -1.72. The van der Waals surface area contributed by atoms with Crippen molar-refractivity contribution >= 4 is 29.5 Å². The summed E-state index contributed by atoms with van der Waals surface area (Å²) in [5.74, 6) is -0.488. The molecule has 2 aromatic carbocycles. The Labute approximate surface area is 128 Å². The highest BCUT2D eigenvalue weighted by molar-refractivity contribution is 6.35. The molecule has 0 heterocycles. The van der Waals surface area contributed by atoms with Gasteiger partial charge in [-0.2, -0.15) is 0 Å². The zero-order valence-corrected chi connectivity index (χ0v) is 11.8. The molecule has 110 valence electrons. The summed E-state index contributed by atoms with van der Waals surface area (Å²) in [5, 5.41) is 0.652. The number of carbonyl (C=O) groups excluding carboxylic acids is 1. The number of alkyl halides is 3. The molecular weight excluding hydrogens is 328 g/mol. The quantitative estimate of drug-likeness (QED) is 0.705. The fourth-order valence-electron chi connectivity index (χ4n) is 1.77. The minimum absolute atomic E-state index is 0.0443. The van der Waals surface area contributed by atoms with Crippen molar-refractivity contribution in [3.63, 3.8) is 0 Å². The van der Waals surface area contributed by atoms with Crippen molar-refractivity contribution in [2.45, 2.75) is 6.36 Å². The third-order valence-electron chi connectivity index (χ3n) is 2.49. The first kappa shape index (κ1) is 15.7. The van der Waals surface area contributed by atoms with E-state index in [1.54, 1.807) is 0 Å². The van der Waals surface area contributed by atoms with Crippen LogP contribution >= 0.6 is 23.2 Å². The van der Waals surface area contributed by atoms with Crippen LogP contribution in [-0.2, 0) is 0 Å². The van der Waals surface area contributed by atoms with Gasteiger partial charge >= 0.3 is 6.36 Å². The van der Waals surface area contributed by atoms with E-state index < -0.39 is 12.1 Å². The Morgan fingerprint density at radius 1 is 0.905 bits per heavy atom. The van der Waals surface area contributed by atoms with Crippen LogP contribution in [0.1, 0.15) is 10.4 Å². The molecule has 0 unspecified atom stereocenters. The number of benzene rings is 2. The highest BCUT2D eigenvalue weighted by Gasteiger charge is 2.31. The lowest BCUT2D eigenvalue weighted by molar-refractivity contribution is -0.274. The Bertz CT molecular complexity index is 664. The summed E-state index contributed by atoms with van der Waals surface area (Å²) >= 11 is 11.7. The van der Waals surface area contributed by atoms with Gasteiger partial charge in [0.25, 0.3) is 0 Å². The summed E-state index contributed by atoms with van der Waals surface area (Å²) in [6.07, 6.45) is -4.41. The lowest BCUT2D eigenvalue weighted by atomic mass is 10.0. The van der Waals surface area contributed by atoms with Gasteiger partial charge in [0, 0.05) is 15.6 Å². The number of hydrogen-bond donors (Lipinski definition) is 0. The molecule has 0 radical (unpaired) electrons. The summed E-state index contributed by atoms with van der Waals surface area (Å²) in [6.45, 7) is 0. The maximum Gasteiger partial charge on any atom is 0.573 e. The van der Waals surface area contributed by atoms with E-state index in [-0.39, 0.29) is 5.56 Å². The molecule has 0 aromatic heterocycles. The van der Waals surface area contributed by atoms with Crippen LogP contribution in [-0.4, -0.2) is 12.6 Å². The molecule has 0 spiro atoms. The maximum absolute atomic E-state index is 12.3. The largest absolute Gasteiger partial charge is 0.573 e. The van der Waals surface area contributed by atoms with Crippen LogP contribution in [0.4, 0.5) is 13.2 Å². The van der Waals surface area contributed by atoms with E-state index in [0.717, 1.165) is 12.1 Å². The summed E-state index contributed by atoms with van der Waals surface area (Å²) in [6, 6.07) is 8.10. The lowest BCUT2D eigenvalue weighted by Crippen LogP contribution is -2.17. The topological polar surface area (TPSA) is 26.3 Å². The van der Waals surface area contributed by atoms with Crippen molar-refractivity contribution in [1.82, 2.24) is 0 Å². The Morgan fingerprint density at radius 3 is 2.00 bits per heavy atom. The van der Waals surface area contributed by atoms with Crippen molar-refractivity contribution in [2.75, 3.05) is 0 Å². The number of hydrogen-bond acceptors (Lipinski definition) is 2. The average molecular weight is 335 g/mol. The second kappa shape index (κ2) is 5.95. The van der Waals surface area contributed by atoms with Gasteiger partial charge in [-0.25, -0.2) is 0 Å². The maximum atomic E-state index is 12.3. The summed E-state index contributed by atoms with van der Waals surface area (Å²) in [5.41, 5.74) is 0.856. The first-order chi connectivity index (χ1) is 9.76. The number of ether oxygens (including phenoxy) is 1. The van der Waals surface area contributed by atoms with Crippen LogP contribution in [0.2, 0.25) is 10.0 Å². The first-order valence-electron chi connectivity index (χ1n) is 5.59. The fraction of sp³-hybridized carbons (Fsp3) is 0.0714. The highest BCUT2D eigenvalue weighted by atomic mass is 35.5.